The van der Waals surface area contributed by atoms with Crippen molar-refractivity contribution in [1.82, 2.24) is 10.3 Å². The van der Waals surface area contributed by atoms with Crippen molar-refractivity contribution < 1.29 is 22.7 Å². The minimum atomic E-state index is -4.45. The number of amides is 1. The zero-order valence-electron chi connectivity index (χ0n) is 12.2. The maximum absolute atomic E-state index is 12.1. The van der Waals surface area contributed by atoms with Crippen molar-refractivity contribution in [3.8, 4) is 5.88 Å². The first-order chi connectivity index (χ1) is 9.70. The van der Waals surface area contributed by atoms with Crippen molar-refractivity contribution in [3.63, 3.8) is 0 Å². The van der Waals surface area contributed by atoms with Gasteiger partial charge < -0.3 is 15.8 Å². The van der Waals surface area contributed by atoms with Gasteiger partial charge >= 0.3 is 6.18 Å². The molecule has 5 nitrogen and oxygen atoms in total. The first-order valence-corrected chi connectivity index (χ1v) is 6.37. The maximum Gasteiger partial charge on any atom is 0.422 e. The summed E-state index contributed by atoms with van der Waals surface area (Å²) in [6, 6.07) is 2.39. The Balaban J connectivity index is 0.00000441. The van der Waals surface area contributed by atoms with Crippen LogP contribution < -0.4 is 15.8 Å². The Morgan fingerprint density at radius 2 is 2.09 bits per heavy atom. The Bertz CT molecular complexity index is 484. The monoisotopic (exact) mass is 341 g/mol. The highest BCUT2D eigenvalue weighted by Crippen LogP contribution is 2.19. The Hall–Kier alpha value is -1.54. The largest absolute Gasteiger partial charge is 0.468 e. The van der Waals surface area contributed by atoms with Crippen molar-refractivity contribution >= 4 is 18.3 Å². The van der Waals surface area contributed by atoms with E-state index in [4.69, 9.17) is 5.73 Å². The number of nitrogens with one attached hydrogen (secondary N) is 1. The molecule has 0 fully saturated rings. The number of carbonyl (C=O) groups excluding carboxylic acids is 1. The number of aromatic nitrogens is 1. The summed E-state index contributed by atoms with van der Waals surface area (Å²) in [6.45, 7) is 2.16. The molecule has 0 aliphatic carbocycles. The molecule has 126 valence electrons. The smallest absolute Gasteiger partial charge is 0.422 e. The van der Waals surface area contributed by atoms with Gasteiger partial charge in [-0.2, -0.15) is 13.2 Å². The molecule has 0 saturated heterocycles. The van der Waals surface area contributed by atoms with Crippen molar-refractivity contribution in [3.05, 3.63) is 23.9 Å². The lowest BCUT2D eigenvalue weighted by molar-refractivity contribution is -0.154. The second kappa shape index (κ2) is 8.79. The summed E-state index contributed by atoms with van der Waals surface area (Å²) in [5.41, 5.74) is 6.02. The van der Waals surface area contributed by atoms with E-state index >= 15 is 0 Å². The van der Waals surface area contributed by atoms with Crippen LogP contribution in [-0.4, -0.2) is 29.7 Å². The Kier molecular flexibility index (Phi) is 8.18. The van der Waals surface area contributed by atoms with Gasteiger partial charge in [0, 0.05) is 18.3 Å². The molecule has 0 aliphatic heterocycles. The Labute approximate surface area is 132 Å². The average Bonchev–Trinajstić information content (AvgIpc) is 2.41. The molecule has 0 unspecified atom stereocenters. The fraction of sp³-hybridized carbons (Fsp3) is 0.538. The minimum absolute atomic E-state index is 0. The molecule has 0 saturated carbocycles. The number of nitrogens with zero attached hydrogens (tertiary/aromatic N) is 1. The molecule has 0 aromatic carbocycles. The molecule has 0 spiro atoms. The van der Waals surface area contributed by atoms with Crippen molar-refractivity contribution in [2.75, 3.05) is 6.61 Å². The molecular weight excluding hydrogens is 323 g/mol. The molecule has 0 radical (unpaired) electrons. The van der Waals surface area contributed by atoms with E-state index in [1.165, 1.54) is 12.3 Å². The van der Waals surface area contributed by atoms with E-state index in [2.05, 4.69) is 15.0 Å². The van der Waals surface area contributed by atoms with Gasteiger partial charge in [-0.3, -0.25) is 4.79 Å². The third-order valence-corrected chi connectivity index (χ3v) is 2.70. The van der Waals surface area contributed by atoms with Crippen LogP contribution in [-0.2, 0) is 11.3 Å². The molecule has 1 aromatic rings. The van der Waals surface area contributed by atoms with Gasteiger partial charge in [0.25, 0.3) is 0 Å². The summed E-state index contributed by atoms with van der Waals surface area (Å²) in [6.07, 6.45) is -3.13. The van der Waals surface area contributed by atoms with E-state index in [0.717, 1.165) is 0 Å². The average molecular weight is 342 g/mol. The number of rotatable bonds is 6. The summed E-state index contributed by atoms with van der Waals surface area (Å²) in [7, 11) is 0. The van der Waals surface area contributed by atoms with Crippen molar-refractivity contribution in [2.45, 2.75) is 32.6 Å². The van der Waals surface area contributed by atoms with Gasteiger partial charge in [-0.15, -0.1) is 12.4 Å². The lowest BCUT2D eigenvalue weighted by Crippen LogP contribution is -2.43. The number of alkyl halides is 3. The molecule has 3 N–H and O–H groups in total. The lowest BCUT2D eigenvalue weighted by atomic mass is 10.1. The number of pyridine rings is 1. The summed E-state index contributed by atoms with van der Waals surface area (Å²) >= 11 is 0. The predicted octanol–water partition coefficient (Wildman–Crippen LogP) is 2.04. The predicted molar refractivity (Wildman–Crippen MR) is 77.7 cm³/mol. The van der Waals surface area contributed by atoms with Crippen LogP contribution in [0.4, 0.5) is 13.2 Å². The van der Waals surface area contributed by atoms with Gasteiger partial charge in [0.1, 0.15) is 0 Å². The van der Waals surface area contributed by atoms with Crippen LogP contribution in [0, 0.1) is 5.92 Å². The van der Waals surface area contributed by atoms with Gasteiger partial charge in [-0.1, -0.05) is 19.9 Å². The Morgan fingerprint density at radius 3 is 2.64 bits per heavy atom. The van der Waals surface area contributed by atoms with Crippen molar-refractivity contribution in [1.29, 1.82) is 0 Å². The molecule has 0 aliphatic rings. The number of halogens is 4. The van der Waals surface area contributed by atoms with E-state index in [1.807, 2.05) is 0 Å². The van der Waals surface area contributed by atoms with E-state index in [1.54, 1.807) is 19.9 Å². The van der Waals surface area contributed by atoms with Crippen LogP contribution in [0.1, 0.15) is 19.4 Å². The van der Waals surface area contributed by atoms with Crippen molar-refractivity contribution in [2.24, 2.45) is 11.7 Å². The standard InChI is InChI=1S/C13H18F3N3O2.ClH/c1-8(2)10(17)11(20)19-6-9-4-3-5-18-12(9)21-7-13(14,15)16;/h3-5,8,10H,6-7,17H2,1-2H3,(H,19,20);1H/t10-;/m0./s1. The molecule has 1 heterocycles. The molecule has 1 atom stereocenters. The van der Waals surface area contributed by atoms with Gasteiger partial charge in [-0.05, 0) is 12.0 Å². The summed E-state index contributed by atoms with van der Waals surface area (Å²) < 4.78 is 41.1. The number of ether oxygens (including phenoxy) is 1. The van der Waals surface area contributed by atoms with Crippen LogP contribution in [0.25, 0.3) is 0 Å². The van der Waals surface area contributed by atoms with E-state index < -0.39 is 18.8 Å². The third kappa shape index (κ3) is 6.95. The van der Waals surface area contributed by atoms with Gasteiger partial charge in [0.2, 0.25) is 11.8 Å². The van der Waals surface area contributed by atoms with Gasteiger partial charge in [-0.25, -0.2) is 4.98 Å². The van der Waals surface area contributed by atoms with E-state index in [0.29, 0.717) is 5.56 Å². The zero-order chi connectivity index (χ0) is 16.0. The quantitative estimate of drug-likeness (QED) is 0.830. The number of nitrogens with two attached hydrogens (primary N) is 1. The first-order valence-electron chi connectivity index (χ1n) is 6.37. The fourth-order valence-electron chi connectivity index (χ4n) is 1.44. The van der Waals surface area contributed by atoms with Crippen LogP contribution in [0.2, 0.25) is 0 Å². The van der Waals surface area contributed by atoms with E-state index in [-0.39, 0.29) is 36.7 Å². The van der Waals surface area contributed by atoms with Gasteiger partial charge in [0.05, 0.1) is 6.04 Å². The summed E-state index contributed by atoms with van der Waals surface area (Å²) in [5, 5.41) is 2.55. The highest BCUT2D eigenvalue weighted by molar-refractivity contribution is 5.85. The highest BCUT2D eigenvalue weighted by atomic mass is 35.5. The second-order valence-electron chi connectivity index (χ2n) is 4.86. The fourth-order valence-corrected chi connectivity index (χ4v) is 1.44. The number of hydrogen-bond acceptors (Lipinski definition) is 4. The molecule has 1 amide bonds. The molecule has 1 rings (SSSR count). The third-order valence-electron chi connectivity index (χ3n) is 2.70. The van der Waals surface area contributed by atoms with Crippen LogP contribution in [0.15, 0.2) is 18.3 Å². The van der Waals surface area contributed by atoms with Crippen LogP contribution >= 0.6 is 12.4 Å². The molecular formula is C13H19ClF3N3O2. The summed E-state index contributed by atoms with van der Waals surface area (Å²) in [4.78, 5) is 15.4. The molecule has 9 heteroatoms. The van der Waals surface area contributed by atoms with E-state index in [9.17, 15) is 18.0 Å². The first kappa shape index (κ1) is 20.5. The normalized spacial score (nSPS) is 12.5. The molecule has 22 heavy (non-hydrogen) atoms. The second-order valence-corrected chi connectivity index (χ2v) is 4.86. The van der Waals surface area contributed by atoms with Crippen LogP contribution in [0.5, 0.6) is 5.88 Å². The Morgan fingerprint density at radius 1 is 1.45 bits per heavy atom. The topological polar surface area (TPSA) is 77.2 Å². The minimum Gasteiger partial charge on any atom is -0.468 e. The lowest BCUT2D eigenvalue weighted by Gasteiger charge is -2.16. The van der Waals surface area contributed by atoms with Crippen LogP contribution in [0.3, 0.4) is 0 Å². The highest BCUT2D eigenvalue weighted by Gasteiger charge is 2.29. The zero-order valence-corrected chi connectivity index (χ0v) is 13.0. The number of hydrogen-bond donors (Lipinski definition) is 2. The molecule has 0 bridgehead atoms. The maximum atomic E-state index is 12.1. The molecule has 1 aromatic heterocycles. The SMILES string of the molecule is CC(C)[C@H](N)C(=O)NCc1cccnc1OCC(F)(F)F.Cl. The number of carbonyl (C=O) groups is 1. The summed E-state index contributed by atoms with van der Waals surface area (Å²) in [5.74, 6) is -0.580. The van der Waals surface area contributed by atoms with Gasteiger partial charge in [0.15, 0.2) is 6.61 Å².